The lowest BCUT2D eigenvalue weighted by Crippen LogP contribution is -2.26. The number of ketones is 1. The summed E-state index contributed by atoms with van der Waals surface area (Å²) in [5.41, 5.74) is 3.84. The van der Waals surface area contributed by atoms with Gasteiger partial charge in [0.15, 0.2) is 17.3 Å². The Kier molecular flexibility index (Phi) is 8.08. The molecule has 0 heterocycles. The zero-order valence-electron chi connectivity index (χ0n) is 18.8. The molecule has 1 unspecified atom stereocenters. The van der Waals surface area contributed by atoms with Gasteiger partial charge in [-0.15, -0.1) is 0 Å². The summed E-state index contributed by atoms with van der Waals surface area (Å²) in [6.07, 6.45) is 5.86. The maximum absolute atomic E-state index is 13.0. The predicted octanol–water partition coefficient (Wildman–Crippen LogP) is 4.67. The topological polar surface area (TPSA) is 62.6 Å². The summed E-state index contributed by atoms with van der Waals surface area (Å²) in [7, 11) is 5.37. The number of methoxy groups -OCH3 is 2. The van der Waals surface area contributed by atoms with E-state index in [1.165, 1.54) is 5.56 Å². The van der Waals surface area contributed by atoms with Crippen molar-refractivity contribution in [2.75, 3.05) is 34.4 Å². The molecule has 0 radical (unpaired) electrons. The molecule has 0 bridgehead atoms. The minimum atomic E-state index is 0.0950. The largest absolute Gasteiger partial charge is 0.493 e. The number of nitrogens with zero attached hydrogens (tertiary/aromatic N) is 2. The molecule has 2 aromatic rings. The number of rotatable bonds is 10. The Morgan fingerprint density at radius 1 is 1.06 bits per heavy atom. The number of carbonyl (C=O) groups is 1. The van der Waals surface area contributed by atoms with Crippen LogP contribution in [0.2, 0.25) is 0 Å². The van der Waals surface area contributed by atoms with Crippen LogP contribution in [0.25, 0.3) is 0 Å². The summed E-state index contributed by atoms with van der Waals surface area (Å²) in [5, 5.41) is 8.88. The van der Waals surface area contributed by atoms with E-state index in [2.05, 4.69) is 18.0 Å². The highest BCUT2D eigenvalue weighted by Gasteiger charge is 2.28. The van der Waals surface area contributed by atoms with E-state index in [1.54, 1.807) is 14.2 Å². The van der Waals surface area contributed by atoms with Crippen LogP contribution in [0.4, 0.5) is 0 Å². The number of nitriles is 1. The van der Waals surface area contributed by atoms with Crippen LogP contribution in [0.5, 0.6) is 11.5 Å². The molecule has 1 atom stereocenters. The molecule has 1 aliphatic carbocycles. The maximum atomic E-state index is 13.0. The van der Waals surface area contributed by atoms with Gasteiger partial charge in [0.1, 0.15) is 0 Å². The number of aryl methyl sites for hydroxylation is 2. The SMILES string of the molecule is COc1cc2c(cc1OC)C(=O)C(CCCN(C)CCCc1ccc(C#N)cc1)CC2. The van der Waals surface area contributed by atoms with Crippen molar-refractivity contribution in [2.45, 2.75) is 38.5 Å². The Morgan fingerprint density at radius 3 is 2.42 bits per heavy atom. The molecule has 0 amide bonds. The van der Waals surface area contributed by atoms with E-state index in [0.29, 0.717) is 17.1 Å². The number of ether oxygens (including phenoxy) is 2. The molecule has 5 heteroatoms. The Labute approximate surface area is 185 Å². The molecule has 3 rings (SSSR count). The quantitative estimate of drug-likeness (QED) is 0.559. The molecule has 0 aromatic heterocycles. The third-order valence-corrected chi connectivity index (χ3v) is 6.19. The van der Waals surface area contributed by atoms with Crippen molar-refractivity contribution in [1.29, 1.82) is 5.26 Å². The normalized spacial score (nSPS) is 15.5. The van der Waals surface area contributed by atoms with Gasteiger partial charge in [0, 0.05) is 11.5 Å². The maximum Gasteiger partial charge on any atom is 0.166 e. The first kappa shape index (κ1) is 22.8. The van der Waals surface area contributed by atoms with Crippen LogP contribution in [0, 0.1) is 17.2 Å². The Hall–Kier alpha value is -2.84. The average molecular weight is 421 g/mol. The van der Waals surface area contributed by atoms with Crippen molar-refractivity contribution in [3.63, 3.8) is 0 Å². The van der Waals surface area contributed by atoms with E-state index >= 15 is 0 Å². The number of benzene rings is 2. The van der Waals surface area contributed by atoms with E-state index < -0.39 is 0 Å². The molecule has 0 saturated heterocycles. The smallest absolute Gasteiger partial charge is 0.166 e. The first-order valence-electron chi connectivity index (χ1n) is 11.0. The van der Waals surface area contributed by atoms with E-state index in [1.807, 2.05) is 36.4 Å². The van der Waals surface area contributed by atoms with Crippen LogP contribution in [-0.2, 0) is 12.8 Å². The Morgan fingerprint density at radius 2 is 1.74 bits per heavy atom. The molecule has 0 N–H and O–H groups in total. The summed E-state index contributed by atoms with van der Waals surface area (Å²) in [5.74, 6) is 1.65. The van der Waals surface area contributed by atoms with Gasteiger partial charge in [-0.05, 0) is 94.1 Å². The Bertz CT molecular complexity index is 931. The van der Waals surface area contributed by atoms with E-state index in [0.717, 1.165) is 62.7 Å². The molecule has 1 aliphatic rings. The second kappa shape index (κ2) is 11.0. The van der Waals surface area contributed by atoms with Crippen LogP contribution in [0.3, 0.4) is 0 Å². The van der Waals surface area contributed by atoms with Crippen LogP contribution >= 0.6 is 0 Å². The molecule has 31 heavy (non-hydrogen) atoms. The van der Waals surface area contributed by atoms with Crippen molar-refractivity contribution in [3.8, 4) is 17.6 Å². The van der Waals surface area contributed by atoms with Gasteiger partial charge in [-0.2, -0.15) is 5.26 Å². The summed E-state index contributed by atoms with van der Waals surface area (Å²) in [4.78, 5) is 15.4. The second-order valence-electron chi connectivity index (χ2n) is 8.32. The molecular formula is C26H32N2O3. The van der Waals surface area contributed by atoms with Gasteiger partial charge in [-0.25, -0.2) is 0 Å². The number of hydrogen-bond donors (Lipinski definition) is 0. The highest BCUT2D eigenvalue weighted by molar-refractivity contribution is 6.00. The van der Waals surface area contributed by atoms with Crippen LogP contribution in [0.15, 0.2) is 36.4 Å². The fourth-order valence-electron chi connectivity index (χ4n) is 4.33. The van der Waals surface area contributed by atoms with Crippen molar-refractivity contribution in [3.05, 3.63) is 58.7 Å². The summed E-state index contributed by atoms with van der Waals surface area (Å²) in [6.45, 7) is 2.02. The monoisotopic (exact) mass is 420 g/mol. The highest BCUT2D eigenvalue weighted by atomic mass is 16.5. The van der Waals surface area contributed by atoms with Gasteiger partial charge in [0.25, 0.3) is 0 Å². The average Bonchev–Trinajstić information content (AvgIpc) is 2.80. The van der Waals surface area contributed by atoms with Crippen LogP contribution in [-0.4, -0.2) is 45.0 Å². The Balaban J connectivity index is 1.43. The molecule has 164 valence electrons. The lowest BCUT2D eigenvalue weighted by Gasteiger charge is -2.25. The van der Waals surface area contributed by atoms with Gasteiger partial charge < -0.3 is 14.4 Å². The molecule has 0 aliphatic heterocycles. The van der Waals surface area contributed by atoms with Crippen molar-refractivity contribution in [2.24, 2.45) is 5.92 Å². The van der Waals surface area contributed by atoms with E-state index in [9.17, 15) is 4.79 Å². The van der Waals surface area contributed by atoms with Crippen molar-refractivity contribution < 1.29 is 14.3 Å². The molecule has 0 saturated carbocycles. The van der Waals surface area contributed by atoms with Crippen molar-refractivity contribution >= 4 is 5.78 Å². The minimum absolute atomic E-state index is 0.0950. The van der Waals surface area contributed by atoms with Gasteiger partial charge in [0.05, 0.1) is 25.9 Å². The van der Waals surface area contributed by atoms with Gasteiger partial charge >= 0.3 is 0 Å². The summed E-state index contributed by atoms with van der Waals surface area (Å²) >= 11 is 0. The van der Waals surface area contributed by atoms with E-state index in [-0.39, 0.29) is 11.7 Å². The van der Waals surface area contributed by atoms with Crippen LogP contribution in [0.1, 0.15) is 52.7 Å². The van der Waals surface area contributed by atoms with Crippen LogP contribution < -0.4 is 9.47 Å². The van der Waals surface area contributed by atoms with Gasteiger partial charge in [-0.1, -0.05) is 12.1 Å². The summed E-state index contributed by atoms with van der Waals surface area (Å²) in [6, 6.07) is 13.8. The molecule has 2 aromatic carbocycles. The first-order valence-corrected chi connectivity index (χ1v) is 11.0. The molecule has 0 fully saturated rings. The second-order valence-corrected chi connectivity index (χ2v) is 8.32. The zero-order chi connectivity index (χ0) is 22.2. The third kappa shape index (κ3) is 5.86. The molecule has 0 spiro atoms. The standard InChI is InChI=1S/C26H32N2O3/c1-28(14-4-6-19-8-10-20(18-27)11-9-19)15-5-7-21-12-13-22-16-24(30-2)25(31-3)17-23(22)26(21)29/h8-11,16-17,21H,4-7,12-15H2,1-3H3. The fraction of sp³-hybridized carbons (Fsp3) is 0.462. The predicted molar refractivity (Wildman–Crippen MR) is 122 cm³/mol. The van der Waals surface area contributed by atoms with Crippen molar-refractivity contribution in [1.82, 2.24) is 4.90 Å². The highest BCUT2D eigenvalue weighted by Crippen LogP contribution is 2.36. The lowest BCUT2D eigenvalue weighted by atomic mass is 9.80. The van der Waals surface area contributed by atoms with E-state index in [4.69, 9.17) is 14.7 Å². The number of hydrogen-bond acceptors (Lipinski definition) is 5. The lowest BCUT2D eigenvalue weighted by molar-refractivity contribution is 0.0890. The third-order valence-electron chi connectivity index (χ3n) is 6.19. The van der Waals surface area contributed by atoms with Gasteiger partial charge in [0.2, 0.25) is 0 Å². The fourth-order valence-corrected chi connectivity index (χ4v) is 4.33. The zero-order valence-corrected chi connectivity index (χ0v) is 18.8. The number of Topliss-reactive ketones (excluding diaryl/α,β-unsaturated/α-hetero) is 1. The number of fused-ring (bicyclic) bond motifs is 1. The minimum Gasteiger partial charge on any atom is -0.493 e. The summed E-state index contributed by atoms with van der Waals surface area (Å²) < 4.78 is 10.8. The molecular weight excluding hydrogens is 388 g/mol. The molecule has 5 nitrogen and oxygen atoms in total. The first-order chi connectivity index (χ1) is 15.0. The van der Waals surface area contributed by atoms with Gasteiger partial charge in [-0.3, -0.25) is 4.79 Å². The number of carbonyl (C=O) groups excluding carboxylic acids is 1.